The van der Waals surface area contributed by atoms with Gasteiger partial charge in [-0.05, 0) is 76.3 Å². The number of nitrogens with two attached hydrogens (primary N) is 1. The largest absolute Gasteiger partial charge is 0.382 e. The number of piperidine rings is 1. The fourth-order valence-corrected chi connectivity index (χ4v) is 6.91. The lowest BCUT2D eigenvalue weighted by Crippen LogP contribution is -2.43. The zero-order chi connectivity index (χ0) is 24.4. The minimum atomic E-state index is -0.0129. The Morgan fingerprint density at radius 3 is 2.53 bits per heavy atom. The highest BCUT2D eigenvalue weighted by Crippen LogP contribution is 2.52. The second-order valence-corrected chi connectivity index (χ2v) is 11.6. The van der Waals surface area contributed by atoms with Crippen molar-refractivity contribution in [3.63, 3.8) is 0 Å². The number of aryl methyl sites for hydroxylation is 1. The molecule has 1 unspecified atom stereocenters. The van der Waals surface area contributed by atoms with Gasteiger partial charge in [0.05, 0.1) is 11.2 Å². The van der Waals surface area contributed by atoms with Crippen molar-refractivity contribution in [1.29, 1.82) is 0 Å². The summed E-state index contributed by atoms with van der Waals surface area (Å²) in [6.45, 7) is 4.65. The van der Waals surface area contributed by atoms with E-state index in [1.165, 1.54) is 70.9 Å². The van der Waals surface area contributed by atoms with Gasteiger partial charge in [-0.25, -0.2) is 0 Å². The van der Waals surface area contributed by atoms with Crippen LogP contribution in [0.2, 0.25) is 0 Å². The first-order valence-electron chi connectivity index (χ1n) is 14.0. The summed E-state index contributed by atoms with van der Waals surface area (Å²) < 4.78 is 4.01. The Kier molecular flexibility index (Phi) is 5.38. The number of anilines is 2. The molecule has 1 atom stereocenters. The standard InChI is InChI=1S/C27H38N8O/c1-32-22(34-13-5-6-19(34)15-33-11-3-2-4-12-33)14-21(31-32)20-16-35(25(17-7-8-17)18-9-10-18)27(36)23-24(20)29-30-26(23)28/h14,16-19,25H,2-13,15H2,1H3,(H3,28,29,30). The van der Waals surface area contributed by atoms with E-state index in [4.69, 9.17) is 10.8 Å². The third-order valence-corrected chi connectivity index (χ3v) is 9.03. The van der Waals surface area contributed by atoms with Crippen LogP contribution in [0.15, 0.2) is 17.1 Å². The third kappa shape index (κ3) is 3.83. The molecule has 2 saturated carbocycles. The van der Waals surface area contributed by atoms with Crippen molar-refractivity contribution in [2.75, 3.05) is 36.8 Å². The lowest BCUT2D eigenvalue weighted by atomic mass is 10.0. The molecular formula is C27H38N8O. The minimum Gasteiger partial charge on any atom is -0.382 e. The first kappa shape index (κ1) is 22.4. The lowest BCUT2D eigenvalue weighted by molar-refractivity contribution is 0.216. The molecule has 4 aliphatic rings. The lowest BCUT2D eigenvalue weighted by Gasteiger charge is -2.33. The van der Waals surface area contributed by atoms with E-state index in [0.717, 1.165) is 30.2 Å². The van der Waals surface area contributed by atoms with Gasteiger partial charge in [-0.15, -0.1) is 0 Å². The summed E-state index contributed by atoms with van der Waals surface area (Å²) in [6.07, 6.45) is 13.4. The summed E-state index contributed by atoms with van der Waals surface area (Å²) in [6, 6.07) is 3.00. The van der Waals surface area contributed by atoms with Crippen LogP contribution in [0.5, 0.6) is 0 Å². The number of hydrogen-bond donors (Lipinski definition) is 2. The highest BCUT2D eigenvalue weighted by atomic mass is 16.1. The van der Waals surface area contributed by atoms with Gasteiger partial charge in [-0.1, -0.05) is 6.42 Å². The van der Waals surface area contributed by atoms with E-state index in [-0.39, 0.29) is 17.4 Å². The molecule has 7 rings (SSSR count). The molecule has 192 valence electrons. The maximum absolute atomic E-state index is 13.6. The molecule has 3 aromatic rings. The van der Waals surface area contributed by atoms with E-state index < -0.39 is 0 Å². The fraction of sp³-hybridized carbons (Fsp3) is 0.667. The number of aromatic nitrogens is 5. The molecule has 0 amide bonds. The van der Waals surface area contributed by atoms with Crippen molar-refractivity contribution in [1.82, 2.24) is 29.4 Å². The smallest absolute Gasteiger partial charge is 0.264 e. The van der Waals surface area contributed by atoms with Crippen LogP contribution in [0.4, 0.5) is 11.6 Å². The molecule has 0 aromatic carbocycles. The average molecular weight is 491 g/mol. The fourth-order valence-electron chi connectivity index (χ4n) is 6.91. The second kappa shape index (κ2) is 8.64. The number of pyridine rings is 1. The molecule has 3 aromatic heterocycles. The molecule has 0 radical (unpaired) electrons. The summed E-state index contributed by atoms with van der Waals surface area (Å²) in [5.41, 5.74) is 8.72. The Labute approximate surface area is 211 Å². The molecule has 2 aliphatic carbocycles. The van der Waals surface area contributed by atoms with Crippen LogP contribution in [0.25, 0.3) is 22.2 Å². The van der Waals surface area contributed by atoms with Crippen molar-refractivity contribution >= 4 is 22.5 Å². The van der Waals surface area contributed by atoms with Crippen LogP contribution in [-0.2, 0) is 7.05 Å². The first-order valence-corrected chi connectivity index (χ1v) is 14.0. The van der Waals surface area contributed by atoms with Gasteiger partial charge in [0.1, 0.15) is 11.2 Å². The quantitative estimate of drug-likeness (QED) is 0.526. The van der Waals surface area contributed by atoms with Crippen molar-refractivity contribution in [3.05, 3.63) is 22.6 Å². The predicted molar refractivity (Wildman–Crippen MR) is 142 cm³/mol. The van der Waals surface area contributed by atoms with E-state index in [1.807, 2.05) is 22.5 Å². The molecule has 0 bridgehead atoms. The van der Waals surface area contributed by atoms with Gasteiger partial charge in [0.2, 0.25) is 0 Å². The SMILES string of the molecule is Cn1nc(-c2cn(C(C3CC3)C3CC3)c(=O)c3c(N)n[nH]c23)cc1N1CCCC1CN1CCCCC1. The number of hydrogen-bond acceptors (Lipinski definition) is 6. The van der Waals surface area contributed by atoms with Crippen molar-refractivity contribution in [2.24, 2.45) is 18.9 Å². The Bertz CT molecular complexity index is 1310. The van der Waals surface area contributed by atoms with Crippen molar-refractivity contribution in [3.8, 4) is 11.3 Å². The maximum atomic E-state index is 13.6. The van der Waals surface area contributed by atoms with Gasteiger partial charge in [0, 0.05) is 50.0 Å². The number of nitrogens with zero attached hydrogens (tertiary/aromatic N) is 6. The molecule has 2 aliphatic heterocycles. The zero-order valence-corrected chi connectivity index (χ0v) is 21.3. The molecule has 9 heteroatoms. The van der Waals surface area contributed by atoms with E-state index in [9.17, 15) is 4.79 Å². The molecule has 3 N–H and O–H groups in total. The van der Waals surface area contributed by atoms with Gasteiger partial charge in [-0.3, -0.25) is 14.6 Å². The van der Waals surface area contributed by atoms with E-state index >= 15 is 0 Å². The average Bonchev–Trinajstić information content (AvgIpc) is 3.78. The second-order valence-electron chi connectivity index (χ2n) is 11.6. The number of aromatic amines is 1. The van der Waals surface area contributed by atoms with Crippen molar-refractivity contribution < 1.29 is 0 Å². The van der Waals surface area contributed by atoms with Gasteiger partial charge in [0.25, 0.3) is 5.56 Å². The summed E-state index contributed by atoms with van der Waals surface area (Å²) >= 11 is 0. The molecule has 4 fully saturated rings. The number of nitrogen functional groups attached to an aromatic ring is 1. The Hall–Kier alpha value is -2.81. The summed E-state index contributed by atoms with van der Waals surface area (Å²) in [7, 11) is 2.04. The Morgan fingerprint density at radius 1 is 1.06 bits per heavy atom. The summed E-state index contributed by atoms with van der Waals surface area (Å²) in [5, 5.41) is 12.8. The number of fused-ring (bicyclic) bond motifs is 1. The van der Waals surface area contributed by atoms with Crippen LogP contribution in [0.1, 0.15) is 63.8 Å². The van der Waals surface area contributed by atoms with Crippen molar-refractivity contribution in [2.45, 2.75) is 69.9 Å². The highest BCUT2D eigenvalue weighted by molar-refractivity contribution is 5.97. The van der Waals surface area contributed by atoms with E-state index in [2.05, 4.69) is 26.1 Å². The van der Waals surface area contributed by atoms with Crippen LogP contribution in [-0.4, -0.2) is 61.7 Å². The topological polar surface area (TPSA) is 101 Å². The minimum absolute atomic E-state index is 0.0129. The monoisotopic (exact) mass is 490 g/mol. The number of H-pyrrole nitrogens is 1. The maximum Gasteiger partial charge on any atom is 0.264 e. The molecule has 9 nitrogen and oxygen atoms in total. The van der Waals surface area contributed by atoms with E-state index in [0.29, 0.717) is 28.8 Å². The van der Waals surface area contributed by atoms with Crippen LogP contribution in [0, 0.1) is 11.8 Å². The number of likely N-dealkylation sites (tertiary alicyclic amines) is 1. The highest BCUT2D eigenvalue weighted by Gasteiger charge is 2.43. The number of rotatable bonds is 7. The molecule has 36 heavy (non-hydrogen) atoms. The summed E-state index contributed by atoms with van der Waals surface area (Å²) in [5.74, 6) is 2.65. The molecular weight excluding hydrogens is 452 g/mol. The van der Waals surface area contributed by atoms with Crippen LogP contribution in [0.3, 0.4) is 0 Å². The molecule has 5 heterocycles. The zero-order valence-electron chi connectivity index (χ0n) is 21.3. The van der Waals surface area contributed by atoms with Gasteiger partial charge >= 0.3 is 0 Å². The van der Waals surface area contributed by atoms with Crippen LogP contribution >= 0.6 is 0 Å². The van der Waals surface area contributed by atoms with E-state index in [1.54, 1.807) is 0 Å². The third-order valence-electron chi connectivity index (χ3n) is 9.03. The normalized spacial score (nSPS) is 23.4. The van der Waals surface area contributed by atoms with Gasteiger partial charge in [-0.2, -0.15) is 10.2 Å². The molecule has 2 saturated heterocycles. The van der Waals surface area contributed by atoms with Crippen LogP contribution < -0.4 is 16.2 Å². The predicted octanol–water partition coefficient (Wildman–Crippen LogP) is 3.52. The Balaban J connectivity index is 1.27. The van der Waals surface area contributed by atoms with Gasteiger partial charge in [0.15, 0.2) is 5.82 Å². The molecule has 0 spiro atoms. The first-order chi connectivity index (χ1) is 17.6. The number of nitrogens with one attached hydrogen (secondary N) is 1. The Morgan fingerprint density at radius 2 is 1.81 bits per heavy atom. The summed E-state index contributed by atoms with van der Waals surface area (Å²) in [4.78, 5) is 18.8. The van der Waals surface area contributed by atoms with Gasteiger partial charge < -0.3 is 20.1 Å².